The largest absolute Gasteiger partial charge is 0.493 e. The minimum Gasteiger partial charge on any atom is -0.493 e. The summed E-state index contributed by atoms with van der Waals surface area (Å²) in [5.41, 5.74) is -0.915. The lowest BCUT2D eigenvalue weighted by atomic mass is 9.95. The normalized spacial score (nSPS) is 16.3. The Balaban J connectivity index is 2.48. The maximum absolute atomic E-state index is 14.1. The molecule has 0 spiro atoms. The monoisotopic (exact) mass is 268 g/mol. The fourth-order valence-electron chi connectivity index (χ4n) is 2.13. The van der Waals surface area contributed by atoms with E-state index < -0.39 is 17.2 Å². The van der Waals surface area contributed by atoms with Gasteiger partial charge < -0.3 is 14.6 Å². The summed E-state index contributed by atoms with van der Waals surface area (Å²) in [7, 11) is 1.42. The number of benzene rings is 1. The van der Waals surface area contributed by atoms with Crippen molar-refractivity contribution in [3.63, 3.8) is 0 Å². The molecule has 5 heteroatoms. The number of carbonyl (C=O) groups is 1. The number of ether oxygens (including phenoxy) is 2. The first-order chi connectivity index (χ1) is 8.90. The lowest BCUT2D eigenvalue weighted by molar-refractivity contribution is -0.140. The van der Waals surface area contributed by atoms with E-state index in [0.717, 1.165) is 0 Å². The fraction of sp³-hybridized carbons (Fsp3) is 0.500. The van der Waals surface area contributed by atoms with Crippen molar-refractivity contribution in [3.8, 4) is 11.5 Å². The van der Waals surface area contributed by atoms with Crippen LogP contribution in [0, 0.1) is 5.82 Å². The molecule has 0 saturated heterocycles. The van der Waals surface area contributed by atoms with E-state index in [1.807, 2.05) is 13.8 Å². The Morgan fingerprint density at radius 3 is 2.42 bits per heavy atom. The Morgan fingerprint density at radius 2 is 2.00 bits per heavy atom. The van der Waals surface area contributed by atoms with E-state index in [4.69, 9.17) is 9.47 Å². The lowest BCUT2D eigenvalue weighted by Crippen LogP contribution is -2.21. The molecule has 1 aromatic carbocycles. The van der Waals surface area contributed by atoms with E-state index >= 15 is 0 Å². The number of carboxylic acids is 1. The van der Waals surface area contributed by atoms with Crippen molar-refractivity contribution in [3.05, 3.63) is 23.5 Å². The Kier molecular flexibility index (Phi) is 3.39. The van der Waals surface area contributed by atoms with Crippen molar-refractivity contribution in [2.24, 2.45) is 0 Å². The Morgan fingerprint density at radius 1 is 1.37 bits per heavy atom. The second-order valence-corrected chi connectivity index (χ2v) is 5.04. The summed E-state index contributed by atoms with van der Waals surface area (Å²) >= 11 is 0. The molecule has 19 heavy (non-hydrogen) atoms. The maximum Gasteiger partial charge on any atom is 0.314 e. The summed E-state index contributed by atoms with van der Waals surface area (Å²) in [5.74, 6) is -0.905. The van der Waals surface area contributed by atoms with Crippen molar-refractivity contribution >= 4 is 5.97 Å². The predicted molar refractivity (Wildman–Crippen MR) is 67.3 cm³/mol. The molecule has 0 aliphatic heterocycles. The van der Waals surface area contributed by atoms with Gasteiger partial charge in [-0.25, -0.2) is 4.39 Å². The standard InChI is InChI=1S/C14H17FO4/c1-8(2)19-12-6-9(10(15)7-11(12)18-3)14(4-5-14)13(16)17/h6-8H,4-5H2,1-3H3,(H,16,17). The Labute approximate surface area is 111 Å². The number of hydrogen-bond donors (Lipinski definition) is 1. The van der Waals surface area contributed by atoms with Gasteiger partial charge in [0.1, 0.15) is 5.82 Å². The average Bonchev–Trinajstić information content (AvgIpc) is 3.11. The molecule has 0 unspecified atom stereocenters. The van der Waals surface area contributed by atoms with E-state index in [1.165, 1.54) is 19.2 Å². The molecule has 0 heterocycles. The van der Waals surface area contributed by atoms with Gasteiger partial charge in [-0.3, -0.25) is 4.79 Å². The van der Waals surface area contributed by atoms with Gasteiger partial charge in [-0.1, -0.05) is 0 Å². The number of hydrogen-bond acceptors (Lipinski definition) is 3. The summed E-state index contributed by atoms with van der Waals surface area (Å²) in [5, 5.41) is 9.24. The summed E-state index contributed by atoms with van der Waals surface area (Å²) in [4.78, 5) is 11.3. The van der Waals surface area contributed by atoms with Crippen LogP contribution in [0.5, 0.6) is 11.5 Å². The number of rotatable bonds is 5. The smallest absolute Gasteiger partial charge is 0.314 e. The summed E-state index contributed by atoms with van der Waals surface area (Å²) in [6.45, 7) is 3.68. The lowest BCUT2D eigenvalue weighted by Gasteiger charge is -2.18. The van der Waals surface area contributed by atoms with Crippen LogP contribution in [0.15, 0.2) is 12.1 Å². The molecule has 0 bridgehead atoms. The molecular weight excluding hydrogens is 251 g/mol. The topological polar surface area (TPSA) is 55.8 Å². The fourth-order valence-corrected chi connectivity index (χ4v) is 2.13. The van der Waals surface area contributed by atoms with Crippen LogP contribution in [0.3, 0.4) is 0 Å². The molecule has 1 aromatic rings. The first-order valence-electron chi connectivity index (χ1n) is 6.19. The Hall–Kier alpha value is -1.78. The first kappa shape index (κ1) is 13.6. The van der Waals surface area contributed by atoms with Gasteiger partial charge in [0.15, 0.2) is 11.5 Å². The average molecular weight is 268 g/mol. The van der Waals surface area contributed by atoms with Crippen LogP contribution in [0.2, 0.25) is 0 Å². The zero-order valence-electron chi connectivity index (χ0n) is 11.2. The van der Waals surface area contributed by atoms with Crippen molar-refractivity contribution in [2.45, 2.75) is 38.2 Å². The third-order valence-corrected chi connectivity index (χ3v) is 3.29. The predicted octanol–water partition coefficient (Wildman–Crippen LogP) is 2.74. The van der Waals surface area contributed by atoms with Gasteiger partial charge in [0.25, 0.3) is 0 Å². The molecule has 0 aromatic heterocycles. The molecule has 0 radical (unpaired) electrons. The van der Waals surface area contributed by atoms with Crippen molar-refractivity contribution < 1.29 is 23.8 Å². The molecule has 4 nitrogen and oxygen atoms in total. The van der Waals surface area contributed by atoms with E-state index in [-0.39, 0.29) is 17.4 Å². The minimum absolute atomic E-state index is 0.104. The van der Waals surface area contributed by atoms with Crippen LogP contribution >= 0.6 is 0 Å². The van der Waals surface area contributed by atoms with Gasteiger partial charge in [0.05, 0.1) is 18.6 Å². The second kappa shape index (κ2) is 4.72. The quantitative estimate of drug-likeness (QED) is 0.892. The zero-order chi connectivity index (χ0) is 14.2. The summed E-state index contributed by atoms with van der Waals surface area (Å²) < 4.78 is 24.7. The van der Waals surface area contributed by atoms with Crippen LogP contribution in [0.25, 0.3) is 0 Å². The molecule has 1 N–H and O–H groups in total. The van der Waals surface area contributed by atoms with Gasteiger partial charge in [0.2, 0.25) is 0 Å². The van der Waals surface area contributed by atoms with Crippen molar-refractivity contribution in [2.75, 3.05) is 7.11 Å². The number of aliphatic carboxylic acids is 1. The van der Waals surface area contributed by atoms with Crippen molar-refractivity contribution in [1.29, 1.82) is 0 Å². The number of methoxy groups -OCH3 is 1. The third kappa shape index (κ3) is 2.37. The van der Waals surface area contributed by atoms with E-state index in [9.17, 15) is 14.3 Å². The summed E-state index contributed by atoms with van der Waals surface area (Å²) in [6, 6.07) is 2.64. The molecule has 1 aliphatic carbocycles. The van der Waals surface area contributed by atoms with E-state index in [0.29, 0.717) is 18.6 Å². The molecule has 0 atom stereocenters. The highest BCUT2D eigenvalue weighted by Crippen LogP contribution is 2.51. The van der Waals surface area contributed by atoms with Gasteiger partial charge in [-0.15, -0.1) is 0 Å². The zero-order valence-corrected chi connectivity index (χ0v) is 11.2. The molecule has 0 amide bonds. The SMILES string of the molecule is COc1cc(F)c(C2(C(=O)O)CC2)cc1OC(C)C. The third-order valence-electron chi connectivity index (χ3n) is 3.29. The van der Waals surface area contributed by atoms with E-state index in [2.05, 4.69) is 0 Å². The highest BCUT2D eigenvalue weighted by Gasteiger charge is 2.53. The molecule has 1 aliphatic rings. The van der Waals surface area contributed by atoms with Crippen LogP contribution in [-0.4, -0.2) is 24.3 Å². The minimum atomic E-state index is -1.09. The highest BCUT2D eigenvalue weighted by molar-refractivity contribution is 5.85. The molecule has 1 fully saturated rings. The molecule has 1 saturated carbocycles. The van der Waals surface area contributed by atoms with Crippen LogP contribution in [-0.2, 0) is 10.2 Å². The van der Waals surface area contributed by atoms with Gasteiger partial charge in [-0.05, 0) is 32.8 Å². The first-order valence-corrected chi connectivity index (χ1v) is 6.19. The number of halogens is 1. The molecule has 104 valence electrons. The molecular formula is C14H17FO4. The second-order valence-electron chi connectivity index (χ2n) is 5.04. The molecule has 2 rings (SSSR count). The number of carboxylic acid groups (broad SMARTS) is 1. The highest BCUT2D eigenvalue weighted by atomic mass is 19.1. The Bertz CT molecular complexity index is 506. The van der Waals surface area contributed by atoms with Gasteiger partial charge in [-0.2, -0.15) is 0 Å². The maximum atomic E-state index is 14.1. The summed E-state index contributed by atoms with van der Waals surface area (Å²) in [6.07, 6.45) is 0.798. The van der Waals surface area contributed by atoms with Crippen molar-refractivity contribution in [1.82, 2.24) is 0 Å². The van der Waals surface area contributed by atoms with Crippen LogP contribution in [0.1, 0.15) is 32.3 Å². The van der Waals surface area contributed by atoms with E-state index in [1.54, 1.807) is 0 Å². The van der Waals surface area contributed by atoms with Crippen LogP contribution in [0.4, 0.5) is 4.39 Å². The van der Waals surface area contributed by atoms with Gasteiger partial charge >= 0.3 is 5.97 Å². The van der Waals surface area contributed by atoms with Crippen LogP contribution < -0.4 is 9.47 Å². The van der Waals surface area contributed by atoms with Gasteiger partial charge in [0, 0.05) is 11.6 Å².